The number of nitrogen functional groups attached to an aromatic ring is 1. The smallest absolute Gasteiger partial charge is 0.122 e. The van der Waals surface area contributed by atoms with Crippen molar-refractivity contribution in [3.63, 3.8) is 0 Å². The summed E-state index contributed by atoms with van der Waals surface area (Å²) < 4.78 is 0. The average molecular weight is 183 g/mol. The lowest BCUT2D eigenvalue weighted by Gasteiger charge is -1.89. The Morgan fingerprint density at radius 3 is 3.00 bits per heavy atom. The van der Waals surface area contributed by atoms with E-state index in [0.29, 0.717) is 17.4 Å². The fourth-order valence-electron chi connectivity index (χ4n) is 1.07. The van der Waals surface area contributed by atoms with Crippen LogP contribution in [-0.2, 0) is 5.88 Å². The number of nitrogens with zero attached hydrogens (tertiary/aromatic N) is 2. The van der Waals surface area contributed by atoms with E-state index in [9.17, 15) is 0 Å². The van der Waals surface area contributed by atoms with E-state index in [-0.39, 0.29) is 0 Å². The van der Waals surface area contributed by atoms with Gasteiger partial charge in [0, 0.05) is 0 Å². The minimum atomic E-state index is 0.355. The summed E-state index contributed by atoms with van der Waals surface area (Å²) >= 11 is 5.60. The number of nitrogens with two attached hydrogens (primary N) is 1. The van der Waals surface area contributed by atoms with Crippen molar-refractivity contribution < 1.29 is 0 Å². The van der Waals surface area contributed by atoms with Gasteiger partial charge in [0.25, 0.3) is 0 Å². The van der Waals surface area contributed by atoms with Crippen LogP contribution in [0.1, 0.15) is 5.82 Å². The molecule has 0 aliphatic carbocycles. The van der Waals surface area contributed by atoms with E-state index < -0.39 is 0 Å². The predicted molar refractivity (Wildman–Crippen MR) is 47.9 cm³/mol. The van der Waals surface area contributed by atoms with Gasteiger partial charge in [-0.1, -0.05) is 0 Å². The van der Waals surface area contributed by atoms with E-state index in [1.807, 2.05) is 0 Å². The second-order valence-corrected chi connectivity index (χ2v) is 2.71. The Balaban J connectivity index is 2.74. The lowest BCUT2D eigenvalue weighted by molar-refractivity contribution is 1.13. The molecule has 3 N–H and O–H groups in total. The van der Waals surface area contributed by atoms with Crippen LogP contribution in [0.3, 0.4) is 0 Å². The molecule has 5 heteroatoms. The molecular formula is C7H7ClN4. The van der Waals surface area contributed by atoms with Crippen LogP contribution in [0.5, 0.6) is 0 Å². The average Bonchev–Trinajstić information content (AvgIpc) is 2.49. The van der Waals surface area contributed by atoms with Gasteiger partial charge in [0.1, 0.15) is 11.3 Å². The zero-order valence-corrected chi connectivity index (χ0v) is 6.97. The third kappa shape index (κ3) is 1.00. The van der Waals surface area contributed by atoms with Crippen LogP contribution in [0, 0.1) is 0 Å². The standard InChI is InChI=1S/C7H7ClN4/c8-1-6-11-5-3-10-2-4(9)7(5)12-6/h2-3H,1,9H2,(H,11,12). The van der Waals surface area contributed by atoms with Crippen LogP contribution < -0.4 is 5.73 Å². The molecule has 0 atom stereocenters. The van der Waals surface area contributed by atoms with Gasteiger partial charge in [-0.15, -0.1) is 11.6 Å². The molecule has 0 fully saturated rings. The molecule has 2 heterocycles. The molecule has 12 heavy (non-hydrogen) atoms. The van der Waals surface area contributed by atoms with Gasteiger partial charge in [0.05, 0.1) is 29.5 Å². The zero-order valence-electron chi connectivity index (χ0n) is 6.21. The highest BCUT2D eigenvalue weighted by molar-refractivity contribution is 6.16. The number of hydrogen-bond acceptors (Lipinski definition) is 3. The van der Waals surface area contributed by atoms with Crippen LogP contribution in [0.15, 0.2) is 12.4 Å². The van der Waals surface area contributed by atoms with Gasteiger partial charge in [-0.2, -0.15) is 0 Å². The summed E-state index contributed by atoms with van der Waals surface area (Å²) in [4.78, 5) is 11.1. The van der Waals surface area contributed by atoms with Crippen LogP contribution in [-0.4, -0.2) is 15.0 Å². The lowest BCUT2D eigenvalue weighted by atomic mass is 10.4. The molecule has 0 saturated heterocycles. The number of halogens is 1. The Labute approximate surface area is 73.8 Å². The molecule has 0 aromatic carbocycles. The number of alkyl halides is 1. The summed E-state index contributed by atoms with van der Waals surface area (Å²) in [5, 5.41) is 0. The van der Waals surface area contributed by atoms with Gasteiger partial charge < -0.3 is 10.7 Å². The van der Waals surface area contributed by atoms with Crippen molar-refractivity contribution in [3.05, 3.63) is 18.2 Å². The summed E-state index contributed by atoms with van der Waals surface area (Å²) in [7, 11) is 0. The first-order chi connectivity index (χ1) is 5.81. The van der Waals surface area contributed by atoms with Gasteiger partial charge in [-0.05, 0) is 0 Å². The van der Waals surface area contributed by atoms with E-state index in [1.54, 1.807) is 12.4 Å². The highest BCUT2D eigenvalue weighted by atomic mass is 35.5. The number of pyridine rings is 1. The second-order valence-electron chi connectivity index (χ2n) is 2.44. The summed E-state index contributed by atoms with van der Waals surface area (Å²) in [6.07, 6.45) is 3.25. The molecule has 4 nitrogen and oxygen atoms in total. The van der Waals surface area contributed by atoms with Gasteiger partial charge >= 0.3 is 0 Å². The predicted octanol–water partition coefficient (Wildman–Crippen LogP) is 1.28. The number of aromatic nitrogens is 3. The van der Waals surface area contributed by atoms with Crippen molar-refractivity contribution in [1.82, 2.24) is 15.0 Å². The molecule has 0 amide bonds. The maximum Gasteiger partial charge on any atom is 0.122 e. The number of H-pyrrole nitrogens is 1. The molecule has 0 unspecified atom stereocenters. The first-order valence-electron chi connectivity index (χ1n) is 3.45. The van der Waals surface area contributed by atoms with Crippen molar-refractivity contribution in [2.24, 2.45) is 0 Å². The molecule has 0 radical (unpaired) electrons. The quantitative estimate of drug-likeness (QED) is 0.653. The summed E-state index contributed by atoms with van der Waals surface area (Å²) in [6, 6.07) is 0. The molecule has 2 rings (SSSR count). The molecule has 0 aliphatic rings. The molecule has 0 bridgehead atoms. The van der Waals surface area contributed by atoms with Crippen LogP contribution in [0.2, 0.25) is 0 Å². The SMILES string of the molecule is Nc1cncc2[nH]c(CCl)nc12. The van der Waals surface area contributed by atoms with Crippen LogP contribution in [0.25, 0.3) is 11.0 Å². The highest BCUT2D eigenvalue weighted by Crippen LogP contribution is 2.16. The Morgan fingerprint density at radius 1 is 1.50 bits per heavy atom. The van der Waals surface area contributed by atoms with Gasteiger partial charge in [0.2, 0.25) is 0 Å². The fraction of sp³-hybridized carbons (Fsp3) is 0.143. The maximum absolute atomic E-state index is 5.64. The van der Waals surface area contributed by atoms with Crippen LogP contribution in [0.4, 0.5) is 5.69 Å². The first-order valence-corrected chi connectivity index (χ1v) is 3.98. The molecule has 2 aromatic heterocycles. The fourth-order valence-corrected chi connectivity index (χ4v) is 1.19. The first kappa shape index (κ1) is 7.36. The zero-order chi connectivity index (χ0) is 8.55. The van der Waals surface area contributed by atoms with E-state index in [4.69, 9.17) is 17.3 Å². The second kappa shape index (κ2) is 2.64. The van der Waals surface area contributed by atoms with Gasteiger partial charge in [-0.3, -0.25) is 4.98 Å². The third-order valence-corrected chi connectivity index (χ3v) is 1.85. The van der Waals surface area contributed by atoms with Crippen molar-refractivity contribution in [1.29, 1.82) is 0 Å². The Bertz CT molecular complexity index is 409. The normalized spacial score (nSPS) is 10.8. The topological polar surface area (TPSA) is 67.6 Å². The van der Waals surface area contributed by atoms with Gasteiger partial charge in [-0.25, -0.2) is 4.98 Å². The van der Waals surface area contributed by atoms with Crippen LogP contribution >= 0.6 is 11.6 Å². The van der Waals surface area contributed by atoms with E-state index in [1.165, 1.54) is 0 Å². The number of rotatable bonds is 1. The number of nitrogens with one attached hydrogen (secondary N) is 1. The largest absolute Gasteiger partial charge is 0.396 e. The molecule has 62 valence electrons. The van der Waals surface area contributed by atoms with Crippen molar-refractivity contribution in [3.8, 4) is 0 Å². The monoisotopic (exact) mass is 182 g/mol. The van der Waals surface area contributed by atoms with Gasteiger partial charge in [0.15, 0.2) is 0 Å². The van der Waals surface area contributed by atoms with Crippen molar-refractivity contribution in [2.75, 3.05) is 5.73 Å². The number of anilines is 1. The molecule has 0 spiro atoms. The minimum absolute atomic E-state index is 0.355. The molecule has 0 aliphatic heterocycles. The van der Waals surface area contributed by atoms with Crippen molar-refractivity contribution >= 4 is 28.3 Å². The van der Waals surface area contributed by atoms with E-state index in [2.05, 4.69) is 15.0 Å². The van der Waals surface area contributed by atoms with Crippen molar-refractivity contribution in [2.45, 2.75) is 5.88 Å². The highest BCUT2D eigenvalue weighted by Gasteiger charge is 2.03. The maximum atomic E-state index is 5.64. The lowest BCUT2D eigenvalue weighted by Crippen LogP contribution is -1.87. The Morgan fingerprint density at radius 2 is 2.33 bits per heavy atom. The molecule has 0 saturated carbocycles. The Kier molecular flexibility index (Phi) is 1.62. The summed E-state index contributed by atoms with van der Waals surface area (Å²) in [5.41, 5.74) is 7.77. The number of hydrogen-bond donors (Lipinski definition) is 2. The summed E-state index contributed by atoms with van der Waals surface area (Å²) in [5.74, 6) is 1.07. The van der Waals surface area contributed by atoms with E-state index in [0.717, 1.165) is 11.0 Å². The third-order valence-electron chi connectivity index (χ3n) is 1.60. The Hall–Kier alpha value is -1.29. The molecular weight excluding hydrogens is 176 g/mol. The number of imidazole rings is 1. The molecule has 2 aromatic rings. The minimum Gasteiger partial charge on any atom is -0.396 e. The number of aromatic amines is 1. The number of fused-ring (bicyclic) bond motifs is 1. The summed E-state index contributed by atoms with van der Waals surface area (Å²) in [6.45, 7) is 0. The van der Waals surface area contributed by atoms with E-state index >= 15 is 0 Å².